The normalized spacial score (nSPS) is 20.6. The van der Waals surface area contributed by atoms with E-state index in [1.165, 1.54) is 44.9 Å². The van der Waals surface area contributed by atoms with Crippen molar-refractivity contribution in [2.45, 2.75) is 63.8 Å². The van der Waals surface area contributed by atoms with Crippen LogP contribution in [0.15, 0.2) is 35.3 Å². The molecule has 0 aliphatic heterocycles. The first-order valence-corrected chi connectivity index (χ1v) is 9.58. The Labute approximate surface area is 148 Å². The van der Waals surface area contributed by atoms with Crippen LogP contribution in [0.1, 0.15) is 68.1 Å². The second-order valence-electron chi connectivity index (χ2n) is 7.91. The molecule has 1 aromatic carbocycles. The lowest BCUT2D eigenvalue weighted by atomic mass is 9.64. The summed E-state index contributed by atoms with van der Waals surface area (Å²) in [5.74, 6) is -0.0257. The number of amides is 1. The number of aromatic nitrogens is 1. The van der Waals surface area contributed by atoms with Crippen LogP contribution >= 0.6 is 0 Å². The highest BCUT2D eigenvalue weighted by Gasteiger charge is 2.36. The number of pyridine rings is 1. The van der Waals surface area contributed by atoms with Gasteiger partial charge in [-0.25, -0.2) is 0 Å². The van der Waals surface area contributed by atoms with E-state index >= 15 is 0 Å². The lowest BCUT2D eigenvalue weighted by Gasteiger charge is -2.43. The van der Waals surface area contributed by atoms with E-state index in [4.69, 9.17) is 0 Å². The van der Waals surface area contributed by atoms with Gasteiger partial charge in [-0.2, -0.15) is 0 Å². The summed E-state index contributed by atoms with van der Waals surface area (Å²) >= 11 is 0. The Morgan fingerprint density at radius 3 is 2.60 bits per heavy atom. The Balaban J connectivity index is 1.45. The van der Waals surface area contributed by atoms with Gasteiger partial charge in [0, 0.05) is 29.3 Å². The van der Waals surface area contributed by atoms with Gasteiger partial charge in [0.1, 0.15) is 0 Å². The first-order chi connectivity index (χ1) is 12.2. The first-order valence-electron chi connectivity index (χ1n) is 9.58. The van der Waals surface area contributed by atoms with Crippen LogP contribution in [0.5, 0.6) is 0 Å². The van der Waals surface area contributed by atoms with Gasteiger partial charge < -0.3 is 10.3 Å². The van der Waals surface area contributed by atoms with E-state index in [2.05, 4.69) is 10.3 Å². The van der Waals surface area contributed by atoms with Crippen LogP contribution in [-0.2, 0) is 0 Å². The number of carbonyl (C=O) groups is 1. The molecular formula is C21H26N2O2. The average molecular weight is 338 g/mol. The minimum Gasteiger partial charge on any atom is -0.349 e. The van der Waals surface area contributed by atoms with Gasteiger partial charge in [-0.15, -0.1) is 0 Å². The summed E-state index contributed by atoms with van der Waals surface area (Å²) in [6, 6.07) is 7.36. The van der Waals surface area contributed by atoms with Crippen molar-refractivity contribution in [2.75, 3.05) is 0 Å². The van der Waals surface area contributed by atoms with Crippen molar-refractivity contribution in [3.8, 4) is 0 Å². The Morgan fingerprint density at radius 1 is 1.08 bits per heavy atom. The van der Waals surface area contributed by atoms with Crippen LogP contribution in [0.2, 0.25) is 0 Å². The monoisotopic (exact) mass is 338 g/mol. The molecule has 4 heteroatoms. The highest BCUT2D eigenvalue weighted by molar-refractivity contribution is 6.06. The molecular weight excluding hydrogens is 312 g/mol. The lowest BCUT2D eigenvalue weighted by Crippen LogP contribution is -2.41. The Kier molecular flexibility index (Phi) is 4.36. The predicted octanol–water partition coefficient (Wildman–Crippen LogP) is 4.15. The molecule has 2 fully saturated rings. The number of carbonyl (C=O) groups excluding carboxylic acids is 1. The molecule has 132 valence electrons. The van der Waals surface area contributed by atoms with E-state index in [-0.39, 0.29) is 17.5 Å². The number of rotatable bonds is 2. The van der Waals surface area contributed by atoms with Gasteiger partial charge in [-0.05, 0) is 55.4 Å². The Hall–Kier alpha value is -2.10. The quantitative estimate of drug-likeness (QED) is 0.864. The van der Waals surface area contributed by atoms with Crippen molar-refractivity contribution < 1.29 is 4.79 Å². The first kappa shape index (κ1) is 16.4. The number of hydrogen-bond donors (Lipinski definition) is 2. The molecule has 1 spiro atoms. The van der Waals surface area contributed by atoms with Crippen LogP contribution in [0.3, 0.4) is 0 Å². The molecule has 4 nitrogen and oxygen atoms in total. The van der Waals surface area contributed by atoms with Crippen LogP contribution < -0.4 is 10.9 Å². The number of aromatic amines is 1. The molecule has 0 saturated heterocycles. The van der Waals surface area contributed by atoms with Gasteiger partial charge in [0.05, 0.1) is 0 Å². The average Bonchev–Trinajstić information content (AvgIpc) is 2.64. The number of fused-ring (bicyclic) bond motifs is 1. The van der Waals surface area contributed by atoms with Crippen molar-refractivity contribution in [1.82, 2.24) is 10.3 Å². The van der Waals surface area contributed by atoms with E-state index in [0.717, 1.165) is 23.6 Å². The summed E-state index contributed by atoms with van der Waals surface area (Å²) < 4.78 is 0. The predicted molar refractivity (Wildman–Crippen MR) is 99.8 cm³/mol. The molecule has 2 N–H and O–H groups in total. The smallest absolute Gasteiger partial charge is 0.252 e. The number of H-pyrrole nitrogens is 1. The van der Waals surface area contributed by atoms with Gasteiger partial charge in [0.2, 0.25) is 5.56 Å². The molecule has 4 rings (SSSR count). The number of benzene rings is 1. The standard InChI is InChI=1S/C21H26N2O2/c24-19-13-15-5-4-6-17(18(15)14-22-19)20(25)23-16-7-11-21(12-8-16)9-2-1-3-10-21/h4-6,13-14,16H,1-3,7-12H2,(H,22,24)(H,23,25). The summed E-state index contributed by atoms with van der Waals surface area (Å²) in [5, 5.41) is 4.84. The zero-order valence-electron chi connectivity index (χ0n) is 14.6. The molecule has 0 atom stereocenters. The molecule has 0 radical (unpaired) electrons. The van der Waals surface area contributed by atoms with E-state index in [0.29, 0.717) is 11.0 Å². The summed E-state index contributed by atoms with van der Waals surface area (Å²) in [6.07, 6.45) is 13.2. The second-order valence-corrected chi connectivity index (χ2v) is 7.91. The molecule has 25 heavy (non-hydrogen) atoms. The zero-order valence-corrected chi connectivity index (χ0v) is 14.6. The van der Waals surface area contributed by atoms with Gasteiger partial charge in [-0.3, -0.25) is 9.59 Å². The SMILES string of the molecule is O=C(NC1CCC2(CCCCC2)CC1)c1cccc2cc(=O)[nH]cc12. The van der Waals surface area contributed by atoms with E-state index < -0.39 is 0 Å². The van der Waals surface area contributed by atoms with Crippen LogP contribution in [-0.4, -0.2) is 16.9 Å². The maximum atomic E-state index is 12.8. The van der Waals surface area contributed by atoms with Gasteiger partial charge >= 0.3 is 0 Å². The summed E-state index contributed by atoms with van der Waals surface area (Å²) in [7, 11) is 0. The molecule has 0 bridgehead atoms. The van der Waals surface area contributed by atoms with Crippen molar-refractivity contribution in [1.29, 1.82) is 0 Å². The molecule has 0 unspecified atom stereocenters. The Morgan fingerprint density at radius 2 is 1.84 bits per heavy atom. The summed E-state index contributed by atoms with van der Waals surface area (Å²) in [6.45, 7) is 0. The maximum Gasteiger partial charge on any atom is 0.252 e. The van der Waals surface area contributed by atoms with Crippen LogP contribution in [0.25, 0.3) is 10.8 Å². The van der Waals surface area contributed by atoms with E-state index in [1.54, 1.807) is 12.3 Å². The van der Waals surface area contributed by atoms with Crippen molar-refractivity contribution in [3.05, 3.63) is 46.4 Å². The highest BCUT2D eigenvalue weighted by Crippen LogP contribution is 2.47. The third-order valence-electron chi connectivity index (χ3n) is 6.33. The molecule has 2 aromatic rings. The fourth-order valence-corrected chi connectivity index (χ4v) is 4.83. The Bertz CT molecular complexity index is 823. The number of hydrogen-bond acceptors (Lipinski definition) is 2. The maximum absolute atomic E-state index is 12.8. The van der Waals surface area contributed by atoms with Crippen molar-refractivity contribution in [3.63, 3.8) is 0 Å². The summed E-state index contributed by atoms with van der Waals surface area (Å²) in [4.78, 5) is 26.9. The minimum absolute atomic E-state index is 0.0257. The van der Waals surface area contributed by atoms with Crippen molar-refractivity contribution >= 4 is 16.7 Å². The van der Waals surface area contributed by atoms with Gasteiger partial charge in [0.25, 0.3) is 5.91 Å². The van der Waals surface area contributed by atoms with E-state index in [9.17, 15) is 9.59 Å². The molecule has 1 amide bonds. The molecule has 2 aliphatic rings. The van der Waals surface area contributed by atoms with Crippen LogP contribution in [0.4, 0.5) is 0 Å². The third kappa shape index (κ3) is 3.35. The second kappa shape index (κ2) is 6.66. The highest BCUT2D eigenvalue weighted by atomic mass is 16.1. The van der Waals surface area contributed by atoms with Crippen molar-refractivity contribution in [2.24, 2.45) is 5.41 Å². The minimum atomic E-state index is -0.143. The van der Waals surface area contributed by atoms with Gasteiger partial charge in [0.15, 0.2) is 0 Å². The largest absolute Gasteiger partial charge is 0.349 e. The number of nitrogens with one attached hydrogen (secondary N) is 2. The fourth-order valence-electron chi connectivity index (χ4n) is 4.83. The van der Waals surface area contributed by atoms with E-state index in [1.807, 2.05) is 18.2 Å². The molecule has 2 saturated carbocycles. The zero-order chi connectivity index (χ0) is 17.3. The molecule has 1 heterocycles. The summed E-state index contributed by atoms with van der Waals surface area (Å²) in [5.41, 5.74) is 1.07. The molecule has 1 aromatic heterocycles. The molecule has 2 aliphatic carbocycles. The van der Waals surface area contributed by atoms with Gasteiger partial charge in [-0.1, -0.05) is 31.4 Å². The third-order valence-corrected chi connectivity index (χ3v) is 6.33. The lowest BCUT2D eigenvalue weighted by molar-refractivity contribution is 0.0837. The topological polar surface area (TPSA) is 62.0 Å². The van der Waals surface area contributed by atoms with Crippen LogP contribution in [0, 0.1) is 5.41 Å². The fraction of sp³-hybridized carbons (Fsp3) is 0.524.